The van der Waals surface area contributed by atoms with Gasteiger partial charge in [0.05, 0.1) is 0 Å². The number of hydrogen-bond acceptors (Lipinski definition) is 5. The van der Waals surface area contributed by atoms with E-state index in [1.807, 2.05) is 0 Å². The quantitative estimate of drug-likeness (QED) is 0.880. The highest BCUT2D eigenvalue weighted by Crippen LogP contribution is 2.34. The summed E-state index contributed by atoms with van der Waals surface area (Å²) < 4.78 is 50.9. The van der Waals surface area contributed by atoms with Crippen molar-refractivity contribution in [1.29, 1.82) is 0 Å². The fourth-order valence-corrected chi connectivity index (χ4v) is 2.78. The summed E-state index contributed by atoms with van der Waals surface area (Å²) in [6.07, 6.45) is -4.88. The zero-order valence-electron chi connectivity index (χ0n) is 13.7. The van der Waals surface area contributed by atoms with Gasteiger partial charge in [0, 0.05) is 30.8 Å². The zero-order chi connectivity index (χ0) is 18.7. The molecule has 0 atom stereocenters. The van der Waals surface area contributed by atoms with Gasteiger partial charge in [0.1, 0.15) is 0 Å². The highest BCUT2D eigenvalue weighted by atomic mass is 19.4. The summed E-state index contributed by atoms with van der Waals surface area (Å²) in [5, 5.41) is 2.77. The lowest BCUT2D eigenvalue weighted by molar-refractivity contribution is -0.162. The van der Waals surface area contributed by atoms with Crippen LogP contribution in [0.4, 0.5) is 23.7 Å². The van der Waals surface area contributed by atoms with Gasteiger partial charge >= 0.3 is 12.3 Å². The number of piperidine rings is 1. The first-order valence-corrected chi connectivity index (χ1v) is 8.01. The Morgan fingerprint density at radius 2 is 1.88 bits per heavy atom. The van der Waals surface area contributed by atoms with Crippen molar-refractivity contribution >= 4 is 17.7 Å². The molecule has 0 spiro atoms. The molecule has 2 heterocycles. The molecule has 1 fully saturated rings. The zero-order valence-corrected chi connectivity index (χ0v) is 13.7. The van der Waals surface area contributed by atoms with Crippen molar-refractivity contribution in [2.24, 2.45) is 5.92 Å². The summed E-state index contributed by atoms with van der Waals surface area (Å²) in [4.78, 5) is 25.1. The average molecular weight is 374 g/mol. The molecule has 1 saturated heterocycles. The van der Waals surface area contributed by atoms with Crippen LogP contribution in [0.3, 0.4) is 0 Å². The monoisotopic (exact) mass is 374 g/mol. The van der Waals surface area contributed by atoms with E-state index in [4.69, 9.17) is 9.47 Å². The van der Waals surface area contributed by atoms with E-state index in [1.54, 1.807) is 18.2 Å². The van der Waals surface area contributed by atoms with Gasteiger partial charge in [-0.3, -0.25) is 4.79 Å². The van der Waals surface area contributed by atoms with Crippen molar-refractivity contribution in [3.63, 3.8) is 0 Å². The third kappa shape index (κ3) is 4.50. The van der Waals surface area contributed by atoms with Crippen LogP contribution in [0.1, 0.15) is 12.8 Å². The van der Waals surface area contributed by atoms with Crippen molar-refractivity contribution in [2.75, 3.05) is 31.8 Å². The van der Waals surface area contributed by atoms with E-state index < -0.39 is 18.9 Å². The minimum atomic E-state index is -4.56. The fourth-order valence-electron chi connectivity index (χ4n) is 2.78. The molecule has 0 bridgehead atoms. The Balaban J connectivity index is 1.47. The number of alkyl halides is 3. The van der Waals surface area contributed by atoms with Crippen LogP contribution in [-0.4, -0.2) is 49.6 Å². The molecule has 0 aromatic heterocycles. The van der Waals surface area contributed by atoms with Gasteiger partial charge in [-0.25, -0.2) is 4.79 Å². The van der Waals surface area contributed by atoms with Crippen LogP contribution in [0, 0.1) is 5.92 Å². The van der Waals surface area contributed by atoms with Crippen LogP contribution in [-0.2, 0) is 9.53 Å². The first kappa shape index (κ1) is 18.2. The minimum absolute atomic E-state index is 0.135. The summed E-state index contributed by atoms with van der Waals surface area (Å²) >= 11 is 0. The normalized spacial score (nSPS) is 17.1. The Morgan fingerprint density at radius 3 is 2.58 bits per heavy atom. The fraction of sp³-hybridized carbons (Fsp3) is 0.500. The number of fused-ring (bicyclic) bond motifs is 1. The number of rotatable bonds is 3. The molecule has 0 radical (unpaired) electrons. The molecule has 2 amide bonds. The molecular formula is C16H17F3N2O5. The molecule has 10 heteroatoms. The van der Waals surface area contributed by atoms with Gasteiger partial charge in [-0.1, -0.05) is 0 Å². The molecule has 0 saturated carbocycles. The van der Waals surface area contributed by atoms with E-state index >= 15 is 0 Å². The van der Waals surface area contributed by atoms with Crippen molar-refractivity contribution in [2.45, 2.75) is 19.0 Å². The topological polar surface area (TPSA) is 77.1 Å². The van der Waals surface area contributed by atoms with Crippen LogP contribution in [0.25, 0.3) is 0 Å². The number of ether oxygens (including phenoxy) is 3. The van der Waals surface area contributed by atoms with E-state index in [1.165, 1.54) is 4.90 Å². The maximum absolute atomic E-state index is 12.3. The van der Waals surface area contributed by atoms with Gasteiger partial charge in [0.25, 0.3) is 0 Å². The van der Waals surface area contributed by atoms with Gasteiger partial charge in [-0.15, -0.1) is 0 Å². The van der Waals surface area contributed by atoms with Gasteiger partial charge < -0.3 is 24.4 Å². The lowest BCUT2D eigenvalue weighted by Gasteiger charge is -2.30. The largest absolute Gasteiger partial charge is 0.454 e. The number of anilines is 1. The number of carbonyl (C=O) groups is 2. The third-order valence-corrected chi connectivity index (χ3v) is 4.12. The number of hydrogen-bond donors (Lipinski definition) is 1. The molecular weight excluding hydrogens is 357 g/mol. The van der Waals surface area contributed by atoms with Gasteiger partial charge in [0.15, 0.2) is 18.1 Å². The van der Waals surface area contributed by atoms with Crippen LogP contribution in [0.15, 0.2) is 18.2 Å². The van der Waals surface area contributed by atoms with Gasteiger partial charge in [0.2, 0.25) is 12.7 Å². The second-order valence-corrected chi connectivity index (χ2v) is 5.99. The second-order valence-electron chi connectivity index (χ2n) is 5.99. The molecule has 7 nitrogen and oxygen atoms in total. The van der Waals surface area contributed by atoms with Gasteiger partial charge in [-0.2, -0.15) is 13.2 Å². The smallest absolute Gasteiger partial charge is 0.422 e. The van der Waals surface area contributed by atoms with E-state index in [0.717, 1.165) is 0 Å². The average Bonchev–Trinajstić information content (AvgIpc) is 3.07. The summed E-state index contributed by atoms with van der Waals surface area (Å²) in [5.41, 5.74) is 0.561. The number of benzene rings is 1. The van der Waals surface area contributed by atoms with Gasteiger partial charge in [-0.05, 0) is 25.0 Å². The lowest BCUT2D eigenvalue weighted by atomic mass is 9.96. The molecule has 1 aromatic rings. The summed E-state index contributed by atoms with van der Waals surface area (Å²) in [6, 6.07) is 5.04. The van der Waals surface area contributed by atoms with E-state index in [-0.39, 0.29) is 31.7 Å². The molecule has 142 valence electrons. The second kappa shape index (κ2) is 7.30. The molecule has 1 N–H and O–H groups in total. The first-order valence-electron chi connectivity index (χ1n) is 8.01. The van der Waals surface area contributed by atoms with Crippen LogP contribution in [0.2, 0.25) is 0 Å². The van der Waals surface area contributed by atoms with Crippen LogP contribution < -0.4 is 14.8 Å². The van der Waals surface area contributed by atoms with E-state index in [9.17, 15) is 22.8 Å². The Morgan fingerprint density at radius 1 is 1.19 bits per heavy atom. The Bertz CT molecular complexity index is 687. The number of nitrogens with zero attached hydrogens (tertiary/aromatic N) is 1. The minimum Gasteiger partial charge on any atom is -0.454 e. The predicted molar refractivity (Wildman–Crippen MR) is 82.9 cm³/mol. The number of nitrogens with one attached hydrogen (secondary N) is 1. The number of amides is 2. The third-order valence-electron chi connectivity index (χ3n) is 4.12. The molecule has 2 aliphatic heterocycles. The first-order chi connectivity index (χ1) is 12.3. The van der Waals surface area contributed by atoms with Crippen molar-refractivity contribution in [1.82, 2.24) is 4.90 Å². The van der Waals surface area contributed by atoms with Crippen molar-refractivity contribution < 1.29 is 37.0 Å². The maximum atomic E-state index is 12.3. The van der Waals surface area contributed by atoms with Crippen molar-refractivity contribution in [3.05, 3.63) is 18.2 Å². The molecule has 0 aliphatic carbocycles. The molecule has 3 rings (SSSR count). The number of carbonyl (C=O) groups excluding carboxylic acids is 2. The lowest BCUT2D eigenvalue weighted by Crippen LogP contribution is -2.42. The van der Waals surface area contributed by atoms with Crippen LogP contribution in [0.5, 0.6) is 11.5 Å². The predicted octanol–water partition coefficient (Wildman–Crippen LogP) is 2.76. The number of likely N-dealkylation sites (tertiary alicyclic amines) is 1. The summed E-state index contributed by atoms with van der Waals surface area (Å²) in [5.74, 6) is 0.595. The Labute approximate surface area is 147 Å². The highest BCUT2D eigenvalue weighted by Gasteiger charge is 2.33. The standard InChI is InChI=1S/C16H17F3N2O5/c17-16(18,19)8-24-15(23)21-5-3-10(4-6-21)14(22)20-11-1-2-12-13(7-11)26-9-25-12/h1-2,7,10H,3-6,8-9H2,(H,20,22). The highest BCUT2D eigenvalue weighted by molar-refractivity contribution is 5.93. The molecule has 1 aromatic carbocycles. The Kier molecular flexibility index (Phi) is 5.10. The maximum Gasteiger partial charge on any atom is 0.422 e. The molecule has 0 unspecified atom stereocenters. The van der Waals surface area contributed by atoms with E-state index in [2.05, 4.69) is 10.1 Å². The molecule has 2 aliphatic rings. The van der Waals surface area contributed by atoms with Crippen LogP contribution >= 0.6 is 0 Å². The summed E-state index contributed by atoms with van der Waals surface area (Å²) in [6.45, 7) is -1.15. The Hall–Kier alpha value is -2.65. The number of halogens is 3. The van der Waals surface area contributed by atoms with Crippen molar-refractivity contribution in [3.8, 4) is 11.5 Å². The SMILES string of the molecule is O=C(Nc1ccc2c(c1)OCO2)C1CCN(C(=O)OCC(F)(F)F)CC1. The summed E-state index contributed by atoms with van der Waals surface area (Å²) in [7, 11) is 0. The van der Waals surface area contributed by atoms with E-state index in [0.29, 0.717) is 30.0 Å². The molecule has 26 heavy (non-hydrogen) atoms.